The number of aromatic hydroxyl groups is 1. The van der Waals surface area contributed by atoms with Gasteiger partial charge in [-0.3, -0.25) is 4.79 Å². The van der Waals surface area contributed by atoms with Gasteiger partial charge in [0, 0.05) is 22.0 Å². The van der Waals surface area contributed by atoms with E-state index in [2.05, 4.69) is 47.8 Å². The molecule has 154 valence electrons. The van der Waals surface area contributed by atoms with Crippen molar-refractivity contribution in [2.24, 2.45) is 5.92 Å². The van der Waals surface area contributed by atoms with Crippen molar-refractivity contribution in [1.29, 1.82) is 0 Å². The average molecular weight is 599 g/mol. The molecule has 2 aromatic rings. The van der Waals surface area contributed by atoms with Crippen molar-refractivity contribution < 1.29 is 24.9 Å². The molecule has 0 bridgehead atoms. The highest BCUT2D eigenvalue weighted by Crippen LogP contribution is 2.43. The van der Waals surface area contributed by atoms with E-state index in [0.717, 1.165) is 5.56 Å². The lowest BCUT2D eigenvalue weighted by Gasteiger charge is -2.22. The Kier molecular flexibility index (Phi) is 5.83. The fraction of sp³-hybridized carbons (Fsp3) is 0.136. The Hall–Kier alpha value is -2.03. The van der Waals surface area contributed by atoms with E-state index in [4.69, 9.17) is 4.74 Å². The molecule has 2 aliphatic rings. The summed E-state index contributed by atoms with van der Waals surface area (Å²) in [7, 11) is 0. The molecular formula is C22H15Br3O5. The number of aliphatic hydroxyl groups excluding tert-OH is 2. The second-order valence-electron chi connectivity index (χ2n) is 6.93. The molecular weight excluding hydrogens is 584 g/mol. The van der Waals surface area contributed by atoms with Crippen LogP contribution < -0.4 is 0 Å². The highest BCUT2D eigenvalue weighted by molar-refractivity contribution is 9.11. The first-order valence-electron chi connectivity index (χ1n) is 8.94. The normalized spacial score (nSPS) is 22.2. The monoisotopic (exact) mass is 596 g/mol. The molecule has 0 saturated carbocycles. The van der Waals surface area contributed by atoms with Crippen LogP contribution in [0.4, 0.5) is 0 Å². The van der Waals surface area contributed by atoms with Gasteiger partial charge in [-0.05, 0) is 55.6 Å². The van der Waals surface area contributed by atoms with Gasteiger partial charge in [0.2, 0.25) is 5.78 Å². The van der Waals surface area contributed by atoms with Gasteiger partial charge < -0.3 is 20.1 Å². The average Bonchev–Trinajstić information content (AvgIpc) is 3.02. The van der Waals surface area contributed by atoms with Gasteiger partial charge in [0.05, 0.1) is 8.95 Å². The van der Waals surface area contributed by atoms with Crippen molar-refractivity contribution in [1.82, 2.24) is 0 Å². The predicted molar refractivity (Wildman–Crippen MR) is 123 cm³/mol. The Morgan fingerprint density at radius 2 is 1.73 bits per heavy atom. The van der Waals surface area contributed by atoms with E-state index in [0.29, 0.717) is 31.0 Å². The van der Waals surface area contributed by atoms with Crippen molar-refractivity contribution in [3.63, 3.8) is 0 Å². The summed E-state index contributed by atoms with van der Waals surface area (Å²) in [4.78, 5) is 13.0. The van der Waals surface area contributed by atoms with Crippen LogP contribution in [0.5, 0.6) is 5.75 Å². The third-order valence-corrected chi connectivity index (χ3v) is 7.10. The van der Waals surface area contributed by atoms with E-state index in [1.165, 1.54) is 12.2 Å². The largest absolute Gasteiger partial charge is 0.511 e. The molecule has 0 aromatic heterocycles. The van der Waals surface area contributed by atoms with Crippen molar-refractivity contribution in [3.8, 4) is 5.75 Å². The van der Waals surface area contributed by atoms with Gasteiger partial charge in [-0.15, -0.1) is 0 Å². The molecule has 1 heterocycles. The topological polar surface area (TPSA) is 87.0 Å². The van der Waals surface area contributed by atoms with Crippen molar-refractivity contribution in [3.05, 3.63) is 89.9 Å². The van der Waals surface area contributed by atoms with Gasteiger partial charge in [-0.2, -0.15) is 0 Å². The number of carbonyl (C=O) groups is 1. The summed E-state index contributed by atoms with van der Waals surface area (Å²) in [6.45, 7) is 0. The van der Waals surface area contributed by atoms with E-state index < -0.39 is 17.8 Å². The Balaban J connectivity index is 1.71. The molecule has 1 aliphatic carbocycles. The number of phenols is 1. The summed E-state index contributed by atoms with van der Waals surface area (Å²) in [5.74, 6) is -1.59. The van der Waals surface area contributed by atoms with Crippen molar-refractivity contribution in [2.75, 3.05) is 0 Å². The van der Waals surface area contributed by atoms with Gasteiger partial charge in [0.15, 0.2) is 5.76 Å². The molecule has 2 unspecified atom stereocenters. The van der Waals surface area contributed by atoms with Crippen LogP contribution in [-0.4, -0.2) is 27.2 Å². The number of ether oxygens (including phenoxy) is 1. The summed E-state index contributed by atoms with van der Waals surface area (Å²) in [6.07, 6.45) is 2.44. The second kappa shape index (κ2) is 8.24. The number of halogens is 3. The van der Waals surface area contributed by atoms with E-state index in [1.54, 1.807) is 6.07 Å². The van der Waals surface area contributed by atoms with Crippen molar-refractivity contribution in [2.45, 2.75) is 12.5 Å². The van der Waals surface area contributed by atoms with Crippen LogP contribution in [0, 0.1) is 5.92 Å². The van der Waals surface area contributed by atoms with E-state index in [-0.39, 0.29) is 23.0 Å². The smallest absolute Gasteiger partial charge is 0.212 e. The molecule has 0 spiro atoms. The zero-order chi connectivity index (χ0) is 21.6. The van der Waals surface area contributed by atoms with Crippen LogP contribution >= 0.6 is 47.8 Å². The summed E-state index contributed by atoms with van der Waals surface area (Å²) in [5, 5.41) is 31.4. The van der Waals surface area contributed by atoms with Crippen LogP contribution in [0.15, 0.2) is 78.7 Å². The predicted octanol–water partition coefficient (Wildman–Crippen LogP) is 6.12. The van der Waals surface area contributed by atoms with E-state index in [9.17, 15) is 20.1 Å². The summed E-state index contributed by atoms with van der Waals surface area (Å²) >= 11 is 9.98. The summed E-state index contributed by atoms with van der Waals surface area (Å²) in [5.41, 5.74) is 1.72. The lowest BCUT2D eigenvalue weighted by atomic mass is 9.86. The number of rotatable bonds is 3. The number of hydrogen-bond donors (Lipinski definition) is 3. The maximum atomic E-state index is 13.0. The highest BCUT2D eigenvalue weighted by atomic mass is 79.9. The Bertz CT molecular complexity index is 1140. The van der Waals surface area contributed by atoms with Crippen LogP contribution in [0.1, 0.15) is 11.1 Å². The zero-order valence-corrected chi connectivity index (χ0v) is 20.0. The minimum absolute atomic E-state index is 0.0154. The molecule has 1 fully saturated rings. The van der Waals surface area contributed by atoms with Gasteiger partial charge >= 0.3 is 0 Å². The number of hydrogen-bond acceptors (Lipinski definition) is 5. The summed E-state index contributed by atoms with van der Waals surface area (Å²) < 4.78 is 7.23. The minimum Gasteiger partial charge on any atom is -0.511 e. The molecule has 0 amide bonds. The van der Waals surface area contributed by atoms with E-state index >= 15 is 0 Å². The first kappa shape index (κ1) is 21.2. The molecule has 2 aromatic carbocycles. The number of Topliss-reactive ketones (excluding diaryl/α,β-unsaturated/α-hetero) is 1. The molecule has 30 heavy (non-hydrogen) atoms. The van der Waals surface area contributed by atoms with E-state index in [1.807, 2.05) is 30.3 Å². The Labute approximate surface area is 197 Å². The molecule has 1 saturated heterocycles. The molecule has 1 aliphatic heterocycles. The number of phenolic OH excluding ortho intramolecular Hbond substituents is 1. The Morgan fingerprint density at radius 3 is 2.43 bits per heavy atom. The fourth-order valence-electron chi connectivity index (χ4n) is 3.50. The third kappa shape index (κ3) is 3.72. The highest BCUT2D eigenvalue weighted by Gasteiger charge is 2.46. The van der Waals surface area contributed by atoms with Crippen LogP contribution in [0.3, 0.4) is 0 Å². The molecule has 4 rings (SSSR count). The quantitative estimate of drug-likeness (QED) is 0.371. The third-order valence-electron chi connectivity index (χ3n) is 5.03. The van der Waals surface area contributed by atoms with Crippen molar-refractivity contribution >= 4 is 59.6 Å². The molecule has 0 radical (unpaired) electrons. The molecule has 2 atom stereocenters. The second-order valence-corrected chi connectivity index (χ2v) is 9.43. The van der Waals surface area contributed by atoms with Gasteiger partial charge in [-0.25, -0.2) is 0 Å². The van der Waals surface area contributed by atoms with Crippen LogP contribution in [-0.2, 0) is 16.0 Å². The molecule has 3 N–H and O–H groups in total. The maximum Gasteiger partial charge on any atom is 0.212 e. The molecule has 8 heteroatoms. The standard InChI is InChI=1S/C22H15Br3O5/c23-13-8-14(24)21(28)19(25)11(13)7-17-22(29)18-16(30-17)9-15(26)12(20(18)27)6-10-4-2-1-3-5-10/h1-5,7-9,16,18,26-28H,6H2/b17-7-. The number of ketones is 1. The number of aliphatic hydroxyl groups is 2. The van der Waals surface area contributed by atoms with Crippen LogP contribution in [0.2, 0.25) is 0 Å². The number of allylic oxidation sites excluding steroid dienone is 2. The van der Waals surface area contributed by atoms with Gasteiger partial charge in [-0.1, -0.05) is 46.3 Å². The lowest BCUT2D eigenvalue weighted by molar-refractivity contribution is -0.117. The van der Waals surface area contributed by atoms with Gasteiger partial charge in [0.1, 0.15) is 29.3 Å². The number of carbonyl (C=O) groups excluding carboxylic acids is 1. The summed E-state index contributed by atoms with van der Waals surface area (Å²) in [6, 6.07) is 11.0. The maximum absolute atomic E-state index is 13.0. The first-order chi connectivity index (χ1) is 14.3. The van der Waals surface area contributed by atoms with Crippen LogP contribution in [0.25, 0.3) is 6.08 Å². The Morgan fingerprint density at radius 1 is 1.03 bits per heavy atom. The lowest BCUT2D eigenvalue weighted by Crippen LogP contribution is -2.27. The van der Waals surface area contributed by atoms with Gasteiger partial charge in [0.25, 0.3) is 0 Å². The zero-order valence-electron chi connectivity index (χ0n) is 15.3. The fourth-order valence-corrected chi connectivity index (χ4v) is 5.85. The number of benzene rings is 2. The SMILES string of the molecule is O=C1/C(=C/c2c(Br)cc(Br)c(O)c2Br)OC2C=C(O)C(Cc3ccccc3)=C(O)C12. The minimum atomic E-state index is -0.924. The number of fused-ring (bicyclic) bond motifs is 1. The first-order valence-corrected chi connectivity index (χ1v) is 11.3. The molecule has 5 nitrogen and oxygen atoms in total.